The van der Waals surface area contributed by atoms with Crippen LogP contribution in [0.3, 0.4) is 0 Å². The molecule has 6 atom stereocenters. The summed E-state index contributed by atoms with van der Waals surface area (Å²) in [5, 5.41) is 38.9. The van der Waals surface area contributed by atoms with Crippen LogP contribution in [-0.4, -0.2) is 27.1 Å². The fraction of sp³-hybridized carbons (Fsp3) is 0.480. The Balaban J connectivity index is 1.52. The van der Waals surface area contributed by atoms with Crippen molar-refractivity contribution in [2.75, 3.05) is 0 Å². The molecule has 182 valence electrons. The van der Waals surface area contributed by atoms with Gasteiger partial charge >= 0.3 is 0 Å². The molecule has 0 aliphatic heterocycles. The van der Waals surface area contributed by atoms with Gasteiger partial charge in [0.15, 0.2) is 0 Å². The van der Waals surface area contributed by atoms with E-state index in [9.17, 15) is 25.1 Å². The Kier molecular flexibility index (Phi) is 5.65. The standard InChI is InChI=1S/C25H27N5O5/c1-25-9-8-16-15-4-3-14(31)11-18(15)21(12-17(16)20(25)5-7-23(25)32)27-24(33)19-10-13(28-29-26)2-6-22(19)30(34)35/h2-4,6,10-11,16-17,20-21,23,31-32H,5,7-9,12H2,1H3,(H,27,33)/t16-,17-,20+,21-,23+,25+/m1/s1. The van der Waals surface area contributed by atoms with Gasteiger partial charge in [0, 0.05) is 16.7 Å². The van der Waals surface area contributed by atoms with E-state index < -0.39 is 16.9 Å². The fourth-order valence-electron chi connectivity index (χ4n) is 6.93. The normalized spacial score (nSPS) is 30.9. The minimum absolute atomic E-state index is 0.0923. The number of hydrogen-bond donors (Lipinski definition) is 3. The second-order valence-corrected chi connectivity index (χ2v) is 10.2. The van der Waals surface area contributed by atoms with Crippen molar-refractivity contribution in [2.24, 2.45) is 22.4 Å². The molecule has 1 amide bonds. The molecule has 5 rings (SSSR count). The highest BCUT2D eigenvalue weighted by atomic mass is 16.6. The number of nitro groups is 1. The zero-order valence-corrected chi connectivity index (χ0v) is 19.3. The minimum atomic E-state index is -0.644. The van der Waals surface area contributed by atoms with E-state index >= 15 is 0 Å². The maximum Gasteiger partial charge on any atom is 0.282 e. The van der Waals surface area contributed by atoms with E-state index in [0.29, 0.717) is 12.3 Å². The Morgan fingerprint density at radius 2 is 2.03 bits per heavy atom. The van der Waals surface area contributed by atoms with Crippen molar-refractivity contribution in [1.82, 2.24) is 5.32 Å². The van der Waals surface area contributed by atoms with Gasteiger partial charge in [-0.15, -0.1) is 0 Å². The SMILES string of the molecule is C[C@]12CC[C@@H]3c4ccc(O)cc4[C@H](NC(=O)c4cc(N=[N+]=[N-])ccc4[N+](=O)[O-])C[C@H]3[C@@H]1CC[C@@H]2O. The summed E-state index contributed by atoms with van der Waals surface area (Å²) in [6.45, 7) is 2.16. The van der Waals surface area contributed by atoms with E-state index in [4.69, 9.17) is 5.53 Å². The molecule has 0 spiro atoms. The van der Waals surface area contributed by atoms with Crippen LogP contribution < -0.4 is 5.32 Å². The second-order valence-electron chi connectivity index (χ2n) is 10.2. The maximum atomic E-state index is 13.3. The average Bonchev–Trinajstić information content (AvgIpc) is 3.13. The number of nitrogens with zero attached hydrogens (tertiary/aromatic N) is 4. The van der Waals surface area contributed by atoms with Gasteiger partial charge in [0.2, 0.25) is 0 Å². The maximum absolute atomic E-state index is 13.3. The molecule has 10 nitrogen and oxygen atoms in total. The van der Waals surface area contributed by atoms with Gasteiger partial charge in [-0.05, 0) is 96.2 Å². The molecule has 3 aliphatic carbocycles. The summed E-state index contributed by atoms with van der Waals surface area (Å²) in [5.74, 6) is 0.256. The van der Waals surface area contributed by atoms with Gasteiger partial charge in [-0.25, -0.2) is 0 Å². The number of rotatable bonds is 4. The zero-order valence-electron chi connectivity index (χ0n) is 19.3. The summed E-state index contributed by atoms with van der Waals surface area (Å²) in [6.07, 6.45) is 3.81. The van der Waals surface area contributed by atoms with Gasteiger partial charge < -0.3 is 15.5 Å². The summed E-state index contributed by atoms with van der Waals surface area (Å²) in [4.78, 5) is 27.0. The van der Waals surface area contributed by atoms with Crippen molar-refractivity contribution in [2.45, 2.75) is 57.1 Å². The topological polar surface area (TPSA) is 161 Å². The van der Waals surface area contributed by atoms with Crippen molar-refractivity contribution in [3.05, 3.63) is 73.6 Å². The zero-order chi connectivity index (χ0) is 24.9. The summed E-state index contributed by atoms with van der Waals surface area (Å²) < 4.78 is 0. The molecule has 0 saturated heterocycles. The highest BCUT2D eigenvalue weighted by molar-refractivity contribution is 5.99. The average molecular weight is 478 g/mol. The van der Waals surface area contributed by atoms with Crippen LogP contribution in [-0.2, 0) is 0 Å². The third kappa shape index (κ3) is 3.79. The molecule has 10 heteroatoms. The Morgan fingerprint density at radius 3 is 2.77 bits per heavy atom. The van der Waals surface area contributed by atoms with Crippen LogP contribution in [0.2, 0.25) is 0 Å². The molecule has 2 saturated carbocycles. The molecule has 3 aliphatic rings. The Labute approximate surface area is 201 Å². The third-order valence-corrected chi connectivity index (χ3v) is 8.63. The first-order chi connectivity index (χ1) is 16.7. The van der Waals surface area contributed by atoms with Gasteiger partial charge in [-0.3, -0.25) is 14.9 Å². The van der Waals surface area contributed by atoms with Crippen molar-refractivity contribution < 1.29 is 19.9 Å². The van der Waals surface area contributed by atoms with Gasteiger partial charge in [0.05, 0.1) is 17.1 Å². The molecule has 2 aromatic carbocycles. The number of phenolic OH excluding ortho intramolecular Hbond substituents is 1. The smallest absolute Gasteiger partial charge is 0.282 e. The quantitative estimate of drug-likeness (QED) is 0.177. The first kappa shape index (κ1) is 23.1. The lowest BCUT2D eigenvalue weighted by Gasteiger charge is -2.51. The highest BCUT2D eigenvalue weighted by Gasteiger charge is 2.55. The lowest BCUT2D eigenvalue weighted by atomic mass is 9.54. The Bertz CT molecular complexity index is 1260. The van der Waals surface area contributed by atoms with Gasteiger partial charge in [-0.1, -0.05) is 18.1 Å². The number of nitrogens with one attached hydrogen (secondary N) is 1. The number of phenols is 1. The summed E-state index contributed by atoms with van der Waals surface area (Å²) in [5.41, 5.74) is 10.00. The summed E-state index contributed by atoms with van der Waals surface area (Å²) in [7, 11) is 0. The van der Waals surface area contributed by atoms with E-state index in [-0.39, 0.29) is 46.0 Å². The fourth-order valence-corrected chi connectivity index (χ4v) is 6.93. The van der Waals surface area contributed by atoms with Crippen molar-refractivity contribution in [3.63, 3.8) is 0 Å². The molecule has 0 radical (unpaired) electrons. The molecule has 3 N–H and O–H groups in total. The number of aromatic hydroxyl groups is 1. The Hall–Kier alpha value is -3.62. The summed E-state index contributed by atoms with van der Waals surface area (Å²) >= 11 is 0. The molecule has 2 fully saturated rings. The van der Waals surface area contributed by atoms with Gasteiger partial charge in [0.25, 0.3) is 11.6 Å². The predicted molar refractivity (Wildman–Crippen MR) is 127 cm³/mol. The van der Waals surface area contributed by atoms with Crippen LogP contribution in [0.15, 0.2) is 41.5 Å². The predicted octanol–water partition coefficient (Wildman–Crippen LogP) is 5.39. The number of carbonyl (C=O) groups excluding carboxylic acids is 1. The number of aliphatic hydroxyl groups excluding tert-OH is 1. The highest BCUT2D eigenvalue weighted by Crippen LogP contribution is 2.62. The third-order valence-electron chi connectivity index (χ3n) is 8.63. The number of hydrogen-bond acceptors (Lipinski definition) is 6. The van der Waals surface area contributed by atoms with Crippen molar-refractivity contribution in [1.29, 1.82) is 0 Å². The van der Waals surface area contributed by atoms with Gasteiger partial charge in [-0.2, -0.15) is 0 Å². The minimum Gasteiger partial charge on any atom is -0.508 e. The van der Waals surface area contributed by atoms with E-state index in [0.717, 1.165) is 42.9 Å². The van der Waals surface area contributed by atoms with E-state index in [1.165, 1.54) is 12.1 Å². The van der Waals surface area contributed by atoms with Crippen molar-refractivity contribution in [3.8, 4) is 5.75 Å². The van der Waals surface area contributed by atoms with Gasteiger partial charge in [0.1, 0.15) is 11.3 Å². The molecular weight excluding hydrogens is 450 g/mol. The number of azide groups is 1. The molecule has 0 bridgehead atoms. The number of aliphatic hydroxyl groups is 1. The number of nitro benzene ring substituents is 1. The van der Waals surface area contributed by atoms with Crippen LogP contribution >= 0.6 is 0 Å². The first-order valence-corrected chi connectivity index (χ1v) is 11.9. The lowest BCUT2D eigenvalue weighted by molar-refractivity contribution is -0.385. The van der Waals surface area contributed by atoms with E-state index in [1.54, 1.807) is 12.1 Å². The molecule has 0 aromatic heterocycles. The molecule has 0 unspecified atom stereocenters. The molecular formula is C25H27N5O5. The largest absolute Gasteiger partial charge is 0.508 e. The second kappa shape index (κ2) is 8.55. The number of fused-ring (bicyclic) bond motifs is 5. The van der Waals surface area contributed by atoms with Crippen molar-refractivity contribution >= 4 is 17.3 Å². The van der Waals surface area contributed by atoms with Crippen LogP contribution in [0.5, 0.6) is 5.75 Å². The molecule has 2 aromatic rings. The van der Waals surface area contributed by atoms with Crippen LogP contribution in [0.1, 0.15) is 72.5 Å². The van der Waals surface area contributed by atoms with Crippen LogP contribution in [0.4, 0.5) is 11.4 Å². The molecule has 0 heterocycles. The summed E-state index contributed by atoms with van der Waals surface area (Å²) in [6, 6.07) is 8.44. The van der Waals surface area contributed by atoms with Crippen LogP contribution in [0.25, 0.3) is 10.4 Å². The first-order valence-electron chi connectivity index (χ1n) is 11.9. The lowest BCUT2D eigenvalue weighted by Crippen LogP contribution is -2.46. The Morgan fingerprint density at radius 1 is 1.23 bits per heavy atom. The van der Waals surface area contributed by atoms with E-state index in [2.05, 4.69) is 22.3 Å². The molecule has 35 heavy (non-hydrogen) atoms. The van der Waals surface area contributed by atoms with E-state index in [1.807, 2.05) is 6.07 Å². The number of benzene rings is 2. The monoisotopic (exact) mass is 477 g/mol. The number of amides is 1. The van der Waals surface area contributed by atoms with Crippen LogP contribution in [0, 0.1) is 27.4 Å². The number of carbonyl (C=O) groups is 1.